The fourth-order valence-corrected chi connectivity index (χ4v) is 4.11. The van der Waals surface area contributed by atoms with Crippen molar-refractivity contribution in [2.75, 3.05) is 21.3 Å². The van der Waals surface area contributed by atoms with E-state index in [4.69, 9.17) is 23.7 Å². The van der Waals surface area contributed by atoms with Gasteiger partial charge in [-0.3, -0.25) is 0 Å². The van der Waals surface area contributed by atoms with E-state index in [0.29, 0.717) is 35.7 Å². The molecule has 30 heavy (non-hydrogen) atoms. The number of rotatable bonds is 6. The Morgan fingerprint density at radius 3 is 2.43 bits per heavy atom. The van der Waals surface area contributed by atoms with Crippen LogP contribution >= 0.6 is 0 Å². The Labute approximate surface area is 175 Å². The van der Waals surface area contributed by atoms with Crippen molar-refractivity contribution in [2.24, 2.45) is 0 Å². The van der Waals surface area contributed by atoms with Gasteiger partial charge >= 0.3 is 0 Å². The maximum Gasteiger partial charge on any atom is 0.187 e. The van der Waals surface area contributed by atoms with Gasteiger partial charge in [-0.05, 0) is 18.6 Å². The lowest BCUT2D eigenvalue weighted by molar-refractivity contribution is -0.164. The molecule has 0 saturated carbocycles. The van der Waals surface area contributed by atoms with E-state index >= 15 is 0 Å². The van der Waals surface area contributed by atoms with Crippen molar-refractivity contribution in [1.29, 1.82) is 0 Å². The molecule has 1 heterocycles. The van der Waals surface area contributed by atoms with Crippen LogP contribution in [0.1, 0.15) is 29.9 Å². The third-order valence-corrected chi connectivity index (χ3v) is 5.35. The molecule has 3 aromatic carbocycles. The van der Waals surface area contributed by atoms with Crippen molar-refractivity contribution < 1.29 is 28.8 Å². The Hall–Kier alpha value is -2.96. The van der Waals surface area contributed by atoms with Gasteiger partial charge < -0.3 is 28.8 Å². The molecule has 0 aromatic heterocycles. The van der Waals surface area contributed by atoms with E-state index in [1.165, 1.54) is 0 Å². The fourth-order valence-electron chi connectivity index (χ4n) is 4.11. The molecule has 0 aliphatic carbocycles. The monoisotopic (exact) mass is 410 g/mol. The van der Waals surface area contributed by atoms with Gasteiger partial charge in [0.2, 0.25) is 0 Å². The first-order valence-electron chi connectivity index (χ1n) is 9.85. The summed E-state index contributed by atoms with van der Waals surface area (Å²) in [6, 6.07) is 13.1. The first-order chi connectivity index (χ1) is 14.6. The molecule has 1 N–H and O–H groups in total. The average molecular weight is 410 g/mol. The van der Waals surface area contributed by atoms with Crippen molar-refractivity contribution in [3.05, 3.63) is 59.2 Å². The zero-order valence-corrected chi connectivity index (χ0v) is 17.6. The molecule has 2 atom stereocenters. The topological polar surface area (TPSA) is 66.4 Å². The fraction of sp³-hybridized carbons (Fsp3) is 0.333. The van der Waals surface area contributed by atoms with Gasteiger partial charge in [0.15, 0.2) is 6.29 Å². The summed E-state index contributed by atoms with van der Waals surface area (Å²) in [4.78, 5) is 0. The van der Waals surface area contributed by atoms with E-state index in [1.807, 2.05) is 37.3 Å². The Kier molecular flexibility index (Phi) is 5.70. The number of aromatic hydroxyl groups is 1. The van der Waals surface area contributed by atoms with Crippen molar-refractivity contribution in [1.82, 2.24) is 0 Å². The van der Waals surface area contributed by atoms with Crippen LogP contribution in [0.2, 0.25) is 0 Å². The highest BCUT2D eigenvalue weighted by atomic mass is 16.7. The Balaban J connectivity index is 1.95. The SMILES string of the molecule is COc1c2c(c(OC)c3c(OCc4ccccc4)cc(O)cc13)[C@H](OC)O[C@@H](C)C2. The van der Waals surface area contributed by atoms with Crippen LogP contribution in [-0.2, 0) is 22.5 Å². The molecule has 4 rings (SSSR count). The number of methoxy groups -OCH3 is 3. The minimum atomic E-state index is -0.590. The van der Waals surface area contributed by atoms with Gasteiger partial charge in [0.1, 0.15) is 29.6 Å². The van der Waals surface area contributed by atoms with Crippen molar-refractivity contribution >= 4 is 10.8 Å². The number of phenols is 1. The zero-order valence-electron chi connectivity index (χ0n) is 17.6. The second kappa shape index (κ2) is 8.42. The Morgan fingerprint density at radius 1 is 1.03 bits per heavy atom. The van der Waals surface area contributed by atoms with Crippen LogP contribution in [0, 0.1) is 0 Å². The predicted octanol–water partition coefficient (Wildman–Crippen LogP) is 4.75. The lowest BCUT2D eigenvalue weighted by Gasteiger charge is -2.33. The predicted molar refractivity (Wildman–Crippen MR) is 113 cm³/mol. The Morgan fingerprint density at radius 2 is 1.77 bits per heavy atom. The highest BCUT2D eigenvalue weighted by Gasteiger charge is 2.34. The van der Waals surface area contributed by atoms with Gasteiger partial charge in [-0.25, -0.2) is 0 Å². The van der Waals surface area contributed by atoms with Crippen molar-refractivity contribution in [3.8, 4) is 23.0 Å². The summed E-state index contributed by atoms with van der Waals surface area (Å²) in [5.74, 6) is 1.86. The summed E-state index contributed by atoms with van der Waals surface area (Å²) < 4.78 is 29.4. The summed E-state index contributed by atoms with van der Waals surface area (Å²) in [6.07, 6.45) is -0.00189. The summed E-state index contributed by atoms with van der Waals surface area (Å²) >= 11 is 0. The van der Waals surface area contributed by atoms with Crippen LogP contribution in [-0.4, -0.2) is 32.5 Å². The van der Waals surface area contributed by atoms with Crippen LogP contribution in [0.3, 0.4) is 0 Å². The van der Waals surface area contributed by atoms with E-state index in [2.05, 4.69) is 0 Å². The summed E-state index contributed by atoms with van der Waals surface area (Å²) in [5, 5.41) is 11.9. The van der Waals surface area contributed by atoms with E-state index in [-0.39, 0.29) is 11.9 Å². The maximum absolute atomic E-state index is 10.4. The van der Waals surface area contributed by atoms with Gasteiger partial charge in [0.05, 0.1) is 31.3 Å². The van der Waals surface area contributed by atoms with E-state index in [9.17, 15) is 5.11 Å². The number of phenolic OH excluding ortho intramolecular Hbond substituents is 1. The molecule has 0 fully saturated rings. The first-order valence-corrected chi connectivity index (χ1v) is 9.85. The number of ether oxygens (including phenoxy) is 5. The van der Waals surface area contributed by atoms with Crippen LogP contribution in [0.5, 0.6) is 23.0 Å². The molecule has 0 spiro atoms. The highest BCUT2D eigenvalue weighted by molar-refractivity contribution is 6.01. The zero-order chi connectivity index (χ0) is 21.3. The number of benzene rings is 3. The molecule has 0 saturated heterocycles. The van der Waals surface area contributed by atoms with Gasteiger partial charge in [0.25, 0.3) is 0 Å². The van der Waals surface area contributed by atoms with Crippen molar-refractivity contribution in [2.45, 2.75) is 32.3 Å². The smallest absolute Gasteiger partial charge is 0.187 e. The summed E-state index contributed by atoms with van der Waals surface area (Å²) in [6.45, 7) is 2.34. The number of hydrogen-bond donors (Lipinski definition) is 1. The van der Waals surface area contributed by atoms with Crippen molar-refractivity contribution in [3.63, 3.8) is 0 Å². The second-order valence-corrected chi connectivity index (χ2v) is 7.32. The number of fused-ring (bicyclic) bond motifs is 2. The molecular weight excluding hydrogens is 384 g/mol. The summed E-state index contributed by atoms with van der Waals surface area (Å²) in [7, 11) is 4.84. The molecule has 6 nitrogen and oxygen atoms in total. The molecule has 0 bridgehead atoms. The van der Waals surface area contributed by atoms with E-state index < -0.39 is 6.29 Å². The van der Waals surface area contributed by atoms with E-state index in [1.54, 1.807) is 33.5 Å². The first kappa shape index (κ1) is 20.3. The lowest BCUT2D eigenvalue weighted by Crippen LogP contribution is -2.26. The standard InChI is InChI=1S/C24H26O6/c1-14-10-17-21(24(28-4)30-14)23(27-3)20-18(22(17)26-2)11-16(25)12-19(20)29-13-15-8-6-5-7-9-15/h5-9,11-12,14,24-25H,10,13H2,1-4H3/t14-,24+/m0/s1. The largest absolute Gasteiger partial charge is 0.508 e. The lowest BCUT2D eigenvalue weighted by atomic mass is 9.91. The van der Waals surface area contributed by atoms with Crippen LogP contribution in [0.4, 0.5) is 0 Å². The van der Waals surface area contributed by atoms with Gasteiger partial charge in [-0.1, -0.05) is 30.3 Å². The third-order valence-electron chi connectivity index (χ3n) is 5.35. The molecule has 1 aliphatic heterocycles. The van der Waals surface area contributed by atoms with Crippen LogP contribution < -0.4 is 14.2 Å². The molecule has 0 radical (unpaired) electrons. The molecule has 0 unspecified atom stereocenters. The molecule has 0 amide bonds. The Bertz CT molecular complexity index is 1050. The summed E-state index contributed by atoms with van der Waals surface area (Å²) in [5.41, 5.74) is 2.76. The third kappa shape index (κ3) is 3.53. The minimum Gasteiger partial charge on any atom is -0.508 e. The quantitative estimate of drug-likeness (QED) is 0.633. The molecule has 1 aliphatic rings. The van der Waals surface area contributed by atoms with Crippen LogP contribution in [0.15, 0.2) is 42.5 Å². The molecular formula is C24H26O6. The molecule has 158 valence electrons. The van der Waals surface area contributed by atoms with Gasteiger partial charge in [-0.2, -0.15) is 0 Å². The van der Waals surface area contributed by atoms with Gasteiger partial charge in [-0.15, -0.1) is 0 Å². The van der Waals surface area contributed by atoms with Crippen LogP contribution in [0.25, 0.3) is 10.8 Å². The molecule has 6 heteroatoms. The average Bonchev–Trinajstić information content (AvgIpc) is 2.76. The number of hydrogen-bond acceptors (Lipinski definition) is 6. The van der Waals surface area contributed by atoms with Gasteiger partial charge in [0, 0.05) is 30.5 Å². The molecule has 3 aromatic rings. The normalized spacial score (nSPS) is 18.1. The second-order valence-electron chi connectivity index (χ2n) is 7.32. The highest BCUT2D eigenvalue weighted by Crippen LogP contribution is 2.51. The van der Waals surface area contributed by atoms with E-state index in [0.717, 1.165) is 22.1 Å². The minimum absolute atomic E-state index is 0.0513. The maximum atomic E-state index is 10.4.